The Labute approximate surface area is 137 Å². The molecule has 8 heteroatoms. The third-order valence-corrected chi connectivity index (χ3v) is 4.98. The highest BCUT2D eigenvalue weighted by molar-refractivity contribution is 7.13. The van der Waals surface area contributed by atoms with Crippen molar-refractivity contribution in [1.82, 2.24) is 24.7 Å². The van der Waals surface area contributed by atoms with Gasteiger partial charge in [0.2, 0.25) is 0 Å². The Balaban J connectivity index is 1.45. The summed E-state index contributed by atoms with van der Waals surface area (Å²) in [6, 6.07) is 7.76. The first-order valence-electron chi connectivity index (χ1n) is 7.48. The van der Waals surface area contributed by atoms with E-state index in [4.69, 9.17) is 0 Å². The predicted octanol–water partition coefficient (Wildman–Crippen LogP) is 1.46. The van der Waals surface area contributed by atoms with Crippen LogP contribution in [0.3, 0.4) is 0 Å². The third-order valence-electron chi connectivity index (χ3n) is 3.99. The zero-order valence-corrected chi connectivity index (χ0v) is 13.5. The van der Waals surface area contributed by atoms with E-state index in [1.54, 1.807) is 22.2 Å². The van der Waals surface area contributed by atoms with Crippen molar-refractivity contribution >= 4 is 28.7 Å². The highest BCUT2D eigenvalue weighted by Crippen LogP contribution is 2.19. The topological polar surface area (TPSA) is 66.6 Å². The van der Waals surface area contributed by atoms with Crippen molar-refractivity contribution in [3.63, 3.8) is 0 Å². The Morgan fingerprint density at radius 3 is 2.70 bits per heavy atom. The monoisotopic (exact) mass is 328 g/mol. The van der Waals surface area contributed by atoms with Crippen LogP contribution >= 0.6 is 11.3 Å². The number of thiophene rings is 1. The molecular weight excluding hydrogens is 312 g/mol. The zero-order chi connectivity index (χ0) is 15.8. The standard InChI is InChI=1S/C15H16N6OS/c1-11-2-3-12(23-11)15(22)20-8-6-19(7-9-20)14-5-4-13-17-16-10-21(13)18-14/h2-5,10H,6-9H2,1H3. The molecule has 4 rings (SSSR count). The van der Waals surface area contributed by atoms with E-state index in [1.165, 1.54) is 4.88 Å². The second-order valence-electron chi connectivity index (χ2n) is 5.51. The van der Waals surface area contributed by atoms with Gasteiger partial charge in [-0.1, -0.05) is 0 Å². The Morgan fingerprint density at radius 1 is 1.13 bits per heavy atom. The molecule has 0 radical (unpaired) electrons. The van der Waals surface area contributed by atoms with Crippen molar-refractivity contribution in [2.75, 3.05) is 31.1 Å². The van der Waals surface area contributed by atoms with Crippen LogP contribution in [0.15, 0.2) is 30.6 Å². The average molecular weight is 328 g/mol. The maximum Gasteiger partial charge on any atom is 0.264 e. The van der Waals surface area contributed by atoms with Gasteiger partial charge in [-0.05, 0) is 31.2 Å². The molecule has 1 fully saturated rings. The number of aryl methyl sites for hydroxylation is 1. The van der Waals surface area contributed by atoms with E-state index < -0.39 is 0 Å². The van der Waals surface area contributed by atoms with E-state index in [9.17, 15) is 4.79 Å². The number of piperazine rings is 1. The van der Waals surface area contributed by atoms with Crippen LogP contribution < -0.4 is 4.90 Å². The second-order valence-corrected chi connectivity index (χ2v) is 6.80. The van der Waals surface area contributed by atoms with Crippen LogP contribution in [0.4, 0.5) is 5.82 Å². The zero-order valence-electron chi connectivity index (χ0n) is 12.7. The molecule has 0 bridgehead atoms. The Morgan fingerprint density at radius 2 is 1.96 bits per heavy atom. The molecule has 23 heavy (non-hydrogen) atoms. The number of carbonyl (C=O) groups excluding carboxylic acids is 1. The highest BCUT2D eigenvalue weighted by Gasteiger charge is 2.23. The fourth-order valence-electron chi connectivity index (χ4n) is 2.73. The van der Waals surface area contributed by atoms with E-state index >= 15 is 0 Å². The lowest BCUT2D eigenvalue weighted by molar-refractivity contribution is 0.0751. The summed E-state index contributed by atoms with van der Waals surface area (Å²) < 4.78 is 1.67. The SMILES string of the molecule is Cc1ccc(C(=O)N2CCN(c3ccc4nncn4n3)CC2)s1. The first-order valence-corrected chi connectivity index (χ1v) is 8.30. The molecule has 0 aliphatic carbocycles. The van der Waals surface area contributed by atoms with E-state index in [0.29, 0.717) is 13.1 Å². The number of nitrogens with zero attached hydrogens (tertiary/aromatic N) is 6. The second kappa shape index (κ2) is 5.62. The molecule has 1 aliphatic heterocycles. The summed E-state index contributed by atoms with van der Waals surface area (Å²) >= 11 is 1.55. The van der Waals surface area contributed by atoms with Gasteiger partial charge in [0.25, 0.3) is 5.91 Å². The van der Waals surface area contributed by atoms with Gasteiger partial charge in [0.1, 0.15) is 12.1 Å². The summed E-state index contributed by atoms with van der Waals surface area (Å²) in [4.78, 5) is 18.6. The summed E-state index contributed by atoms with van der Waals surface area (Å²) in [5.41, 5.74) is 0.732. The van der Waals surface area contributed by atoms with Gasteiger partial charge in [-0.15, -0.1) is 26.6 Å². The molecular formula is C15H16N6OS. The maximum atomic E-state index is 12.5. The van der Waals surface area contributed by atoms with E-state index in [0.717, 1.165) is 29.4 Å². The number of fused-ring (bicyclic) bond motifs is 1. The van der Waals surface area contributed by atoms with Gasteiger partial charge in [-0.2, -0.15) is 4.52 Å². The van der Waals surface area contributed by atoms with Crippen LogP contribution in [0.1, 0.15) is 14.5 Å². The summed E-state index contributed by atoms with van der Waals surface area (Å²) in [6.45, 7) is 4.98. The molecule has 1 saturated heterocycles. The number of anilines is 1. The third kappa shape index (κ3) is 2.65. The minimum Gasteiger partial charge on any atom is -0.352 e. The molecule has 0 spiro atoms. The highest BCUT2D eigenvalue weighted by atomic mass is 32.1. The van der Waals surface area contributed by atoms with Crippen LogP contribution in [0.2, 0.25) is 0 Å². The van der Waals surface area contributed by atoms with Gasteiger partial charge in [0, 0.05) is 31.1 Å². The van der Waals surface area contributed by atoms with E-state index in [-0.39, 0.29) is 5.91 Å². The maximum absolute atomic E-state index is 12.5. The first kappa shape index (κ1) is 14.1. The Kier molecular flexibility index (Phi) is 3.45. The quantitative estimate of drug-likeness (QED) is 0.712. The molecule has 1 aliphatic rings. The molecule has 118 valence electrons. The van der Waals surface area contributed by atoms with Crippen molar-refractivity contribution < 1.29 is 4.79 Å². The average Bonchev–Trinajstić information content (AvgIpc) is 3.22. The van der Waals surface area contributed by atoms with Crippen molar-refractivity contribution in [1.29, 1.82) is 0 Å². The van der Waals surface area contributed by atoms with Crippen LogP contribution in [0.5, 0.6) is 0 Å². The fraction of sp³-hybridized carbons (Fsp3) is 0.333. The molecule has 1 amide bonds. The van der Waals surface area contributed by atoms with Gasteiger partial charge < -0.3 is 9.80 Å². The molecule has 0 atom stereocenters. The van der Waals surface area contributed by atoms with Crippen LogP contribution in [-0.2, 0) is 0 Å². The Bertz CT molecular complexity index is 848. The molecule has 3 aromatic rings. The minimum absolute atomic E-state index is 0.130. The molecule has 0 aromatic carbocycles. The Hall–Kier alpha value is -2.48. The number of carbonyl (C=O) groups is 1. The van der Waals surface area contributed by atoms with Gasteiger partial charge in [-0.25, -0.2) is 0 Å². The van der Waals surface area contributed by atoms with Crippen LogP contribution in [0, 0.1) is 6.92 Å². The summed E-state index contributed by atoms with van der Waals surface area (Å²) in [5.74, 6) is 1.02. The van der Waals surface area contributed by atoms with E-state index in [2.05, 4.69) is 20.2 Å². The molecule has 4 heterocycles. The predicted molar refractivity (Wildman–Crippen MR) is 88.0 cm³/mol. The minimum atomic E-state index is 0.130. The summed E-state index contributed by atoms with van der Waals surface area (Å²) in [5, 5.41) is 12.3. The van der Waals surface area contributed by atoms with Gasteiger partial charge in [0.15, 0.2) is 5.65 Å². The molecule has 0 unspecified atom stereocenters. The lowest BCUT2D eigenvalue weighted by Crippen LogP contribution is -2.49. The van der Waals surface area contributed by atoms with E-state index in [1.807, 2.05) is 36.1 Å². The molecule has 7 nitrogen and oxygen atoms in total. The summed E-state index contributed by atoms with van der Waals surface area (Å²) in [6.07, 6.45) is 1.59. The van der Waals surface area contributed by atoms with Crippen molar-refractivity contribution in [3.05, 3.63) is 40.3 Å². The van der Waals surface area contributed by atoms with Crippen molar-refractivity contribution in [2.45, 2.75) is 6.92 Å². The van der Waals surface area contributed by atoms with Gasteiger partial charge >= 0.3 is 0 Å². The van der Waals surface area contributed by atoms with Crippen LogP contribution in [-0.4, -0.2) is 56.8 Å². The largest absolute Gasteiger partial charge is 0.352 e. The van der Waals surface area contributed by atoms with Crippen molar-refractivity contribution in [3.8, 4) is 0 Å². The lowest BCUT2D eigenvalue weighted by atomic mass is 10.3. The number of rotatable bonds is 2. The fourth-order valence-corrected chi connectivity index (χ4v) is 3.57. The smallest absolute Gasteiger partial charge is 0.264 e. The normalized spacial score (nSPS) is 15.3. The first-order chi connectivity index (χ1) is 11.2. The van der Waals surface area contributed by atoms with Crippen LogP contribution in [0.25, 0.3) is 5.65 Å². The molecule has 0 N–H and O–H groups in total. The van der Waals surface area contributed by atoms with Crippen molar-refractivity contribution in [2.24, 2.45) is 0 Å². The number of hydrogen-bond acceptors (Lipinski definition) is 6. The number of aromatic nitrogens is 4. The number of hydrogen-bond donors (Lipinski definition) is 0. The van der Waals surface area contributed by atoms with Gasteiger partial charge in [0.05, 0.1) is 4.88 Å². The summed E-state index contributed by atoms with van der Waals surface area (Å²) in [7, 11) is 0. The number of amides is 1. The lowest BCUT2D eigenvalue weighted by Gasteiger charge is -2.35. The van der Waals surface area contributed by atoms with Gasteiger partial charge in [-0.3, -0.25) is 4.79 Å². The molecule has 0 saturated carbocycles. The molecule has 3 aromatic heterocycles.